The zero-order valence-corrected chi connectivity index (χ0v) is 14.6. The zero-order valence-electron chi connectivity index (χ0n) is 12.2. The molecule has 6 heteroatoms. The smallest absolute Gasteiger partial charge is 0.241 e. The largest absolute Gasteiger partial charge is 0.326 e. The number of rotatable bonds is 4. The van der Waals surface area contributed by atoms with Crippen LogP contribution in [0.2, 0.25) is 0 Å². The van der Waals surface area contributed by atoms with E-state index in [1.807, 2.05) is 0 Å². The average Bonchev–Trinajstić information content (AvgIpc) is 2.70. The van der Waals surface area contributed by atoms with Crippen molar-refractivity contribution in [1.82, 2.24) is 4.72 Å². The second-order valence-electron chi connectivity index (χ2n) is 6.47. The Hall–Kier alpha value is -0.430. The van der Waals surface area contributed by atoms with Crippen LogP contribution in [0.5, 0.6) is 0 Å². The first-order valence-electron chi connectivity index (χ1n) is 6.55. The van der Waals surface area contributed by atoms with Gasteiger partial charge in [0.25, 0.3) is 0 Å². The molecule has 112 valence electrons. The van der Waals surface area contributed by atoms with Gasteiger partial charge in [0.15, 0.2) is 0 Å². The Morgan fingerprint density at radius 2 is 1.80 bits per heavy atom. The Morgan fingerprint density at radius 3 is 2.20 bits per heavy atom. The van der Waals surface area contributed by atoms with E-state index in [9.17, 15) is 8.42 Å². The molecule has 0 atom stereocenters. The molecule has 1 aliphatic carbocycles. The second-order valence-corrected chi connectivity index (χ2v) is 9.00. The van der Waals surface area contributed by atoms with Gasteiger partial charge in [-0.2, -0.15) is 0 Å². The maximum Gasteiger partial charge on any atom is 0.241 e. The number of nitrogens with two attached hydrogens (primary N) is 1. The lowest BCUT2D eigenvalue weighted by atomic mass is 10.0. The maximum atomic E-state index is 12.5. The van der Waals surface area contributed by atoms with Gasteiger partial charge in [0, 0.05) is 17.1 Å². The summed E-state index contributed by atoms with van der Waals surface area (Å²) >= 11 is 3.32. The highest BCUT2D eigenvalue weighted by atomic mass is 79.9. The van der Waals surface area contributed by atoms with Crippen LogP contribution in [0.4, 0.5) is 0 Å². The van der Waals surface area contributed by atoms with Crippen molar-refractivity contribution >= 4 is 26.0 Å². The first kappa shape index (κ1) is 15.9. The van der Waals surface area contributed by atoms with Crippen LogP contribution in [-0.2, 0) is 16.6 Å². The Morgan fingerprint density at radius 1 is 1.25 bits per heavy atom. The maximum absolute atomic E-state index is 12.5. The van der Waals surface area contributed by atoms with Crippen LogP contribution in [0, 0.1) is 10.8 Å². The topological polar surface area (TPSA) is 72.2 Å². The number of nitrogens with one attached hydrogen (secondary N) is 1. The highest BCUT2D eigenvalue weighted by Gasteiger charge is 2.66. The van der Waals surface area contributed by atoms with Crippen LogP contribution >= 0.6 is 15.9 Å². The average molecular weight is 361 g/mol. The summed E-state index contributed by atoms with van der Waals surface area (Å²) in [5.41, 5.74) is 6.37. The molecule has 0 heterocycles. The first-order chi connectivity index (χ1) is 9.04. The molecule has 1 aromatic carbocycles. The number of hydrogen-bond donors (Lipinski definition) is 2. The van der Waals surface area contributed by atoms with Crippen molar-refractivity contribution in [3.05, 3.63) is 28.2 Å². The van der Waals surface area contributed by atoms with Gasteiger partial charge >= 0.3 is 0 Å². The molecule has 0 unspecified atom stereocenters. The summed E-state index contributed by atoms with van der Waals surface area (Å²) < 4.78 is 28.4. The Balaban J connectivity index is 2.29. The van der Waals surface area contributed by atoms with Gasteiger partial charge in [-0.1, -0.05) is 33.8 Å². The van der Waals surface area contributed by atoms with Crippen LogP contribution in [0.25, 0.3) is 0 Å². The van der Waals surface area contributed by atoms with Gasteiger partial charge in [-0.05, 0) is 44.5 Å². The molecule has 2 rings (SSSR count). The van der Waals surface area contributed by atoms with Crippen molar-refractivity contribution in [3.8, 4) is 0 Å². The van der Waals surface area contributed by atoms with Gasteiger partial charge in [0.1, 0.15) is 0 Å². The minimum absolute atomic E-state index is 0.0380. The summed E-state index contributed by atoms with van der Waals surface area (Å²) in [5, 5.41) is 0. The number of halogens is 1. The van der Waals surface area contributed by atoms with Crippen LogP contribution in [-0.4, -0.2) is 14.5 Å². The van der Waals surface area contributed by atoms with E-state index in [-0.39, 0.29) is 21.8 Å². The predicted molar refractivity (Wildman–Crippen MR) is 83.7 cm³/mol. The van der Waals surface area contributed by atoms with Gasteiger partial charge in [-0.15, -0.1) is 0 Å². The predicted octanol–water partition coefficient (Wildman–Crippen LogP) is 2.62. The molecule has 4 nitrogen and oxygen atoms in total. The molecule has 1 saturated carbocycles. The molecule has 0 aliphatic heterocycles. The Kier molecular flexibility index (Phi) is 3.83. The highest BCUT2D eigenvalue weighted by molar-refractivity contribution is 9.10. The fraction of sp³-hybridized carbons (Fsp3) is 0.571. The van der Waals surface area contributed by atoms with Crippen molar-refractivity contribution in [2.24, 2.45) is 16.6 Å². The molecule has 0 saturated heterocycles. The van der Waals surface area contributed by atoms with Gasteiger partial charge in [-0.25, -0.2) is 13.1 Å². The quantitative estimate of drug-likeness (QED) is 0.866. The third-order valence-corrected chi connectivity index (χ3v) is 7.21. The van der Waals surface area contributed by atoms with Gasteiger partial charge in [0.05, 0.1) is 4.90 Å². The zero-order chi connectivity index (χ0) is 15.3. The van der Waals surface area contributed by atoms with Crippen LogP contribution in [0.15, 0.2) is 27.6 Å². The van der Waals surface area contributed by atoms with E-state index in [2.05, 4.69) is 48.3 Å². The number of hydrogen-bond acceptors (Lipinski definition) is 3. The molecule has 3 N–H and O–H groups in total. The minimum atomic E-state index is -3.53. The molecular weight excluding hydrogens is 340 g/mol. The van der Waals surface area contributed by atoms with E-state index in [4.69, 9.17) is 5.73 Å². The number of benzene rings is 1. The summed E-state index contributed by atoms with van der Waals surface area (Å²) in [6.45, 7) is 8.69. The summed E-state index contributed by atoms with van der Waals surface area (Å²) in [6, 6.07) is 5.03. The fourth-order valence-corrected chi connectivity index (χ4v) is 5.25. The molecule has 0 amide bonds. The molecule has 20 heavy (non-hydrogen) atoms. The summed E-state index contributed by atoms with van der Waals surface area (Å²) in [6.07, 6.45) is 0. The fourth-order valence-electron chi connectivity index (χ4n) is 2.60. The molecular formula is C14H21BrN2O2S. The molecule has 1 aromatic rings. The second kappa shape index (κ2) is 4.80. The lowest BCUT2D eigenvalue weighted by molar-refractivity contribution is 0.457. The number of sulfonamides is 1. The molecule has 1 fully saturated rings. The third kappa shape index (κ3) is 2.43. The van der Waals surface area contributed by atoms with Crippen LogP contribution in [0.3, 0.4) is 0 Å². The van der Waals surface area contributed by atoms with E-state index in [1.165, 1.54) is 0 Å². The van der Waals surface area contributed by atoms with Gasteiger partial charge in [0.2, 0.25) is 10.0 Å². The van der Waals surface area contributed by atoms with Crippen molar-refractivity contribution in [2.75, 3.05) is 0 Å². The van der Waals surface area contributed by atoms with E-state index in [0.717, 1.165) is 5.56 Å². The summed E-state index contributed by atoms with van der Waals surface area (Å²) in [7, 11) is -3.53. The van der Waals surface area contributed by atoms with Crippen LogP contribution < -0.4 is 10.5 Å². The lowest BCUT2D eigenvalue weighted by Crippen LogP contribution is -2.30. The van der Waals surface area contributed by atoms with E-state index < -0.39 is 10.0 Å². The van der Waals surface area contributed by atoms with E-state index >= 15 is 0 Å². The summed E-state index contributed by atoms with van der Waals surface area (Å²) in [4.78, 5) is 0.258. The third-order valence-electron chi connectivity index (χ3n) is 4.82. The first-order valence-corrected chi connectivity index (χ1v) is 8.82. The minimum Gasteiger partial charge on any atom is -0.326 e. The van der Waals surface area contributed by atoms with Gasteiger partial charge in [-0.3, -0.25) is 0 Å². The highest BCUT2D eigenvalue weighted by Crippen LogP contribution is 2.63. The molecule has 0 spiro atoms. The van der Waals surface area contributed by atoms with Crippen LogP contribution in [0.1, 0.15) is 33.3 Å². The SMILES string of the molecule is CC1(C)C(NS(=O)(=O)c2ccc(CN)cc2Br)C1(C)C. The van der Waals surface area contributed by atoms with E-state index in [1.54, 1.807) is 18.2 Å². The van der Waals surface area contributed by atoms with Crippen molar-refractivity contribution in [3.63, 3.8) is 0 Å². The Bertz CT molecular complexity index is 625. The molecule has 0 bridgehead atoms. The molecule has 0 radical (unpaired) electrons. The van der Waals surface area contributed by atoms with Gasteiger partial charge < -0.3 is 5.73 Å². The molecule has 0 aromatic heterocycles. The standard InChI is InChI=1S/C14H21BrN2O2S/c1-13(2)12(14(13,3)4)17-20(18,19)11-6-5-9(8-16)7-10(11)15/h5-7,12,17H,8,16H2,1-4H3. The van der Waals surface area contributed by atoms with Crippen molar-refractivity contribution in [1.29, 1.82) is 0 Å². The Labute approximate surface area is 129 Å². The van der Waals surface area contributed by atoms with E-state index in [0.29, 0.717) is 11.0 Å². The van der Waals surface area contributed by atoms with Crippen molar-refractivity contribution < 1.29 is 8.42 Å². The normalized spacial score (nSPS) is 20.9. The van der Waals surface area contributed by atoms with Crippen molar-refractivity contribution in [2.45, 2.75) is 45.2 Å². The monoisotopic (exact) mass is 360 g/mol. The summed E-state index contributed by atoms with van der Waals surface area (Å²) in [5.74, 6) is 0. The lowest BCUT2D eigenvalue weighted by Gasteiger charge is -2.11. The molecule has 1 aliphatic rings.